The third kappa shape index (κ3) is 4.44. The van der Waals surface area contributed by atoms with Crippen LogP contribution < -0.4 is 0 Å². The first-order valence-corrected chi connectivity index (χ1v) is 7.28. The van der Waals surface area contributed by atoms with Gasteiger partial charge in [-0.15, -0.1) is 6.58 Å². The first-order chi connectivity index (χ1) is 11.9. The maximum absolute atomic E-state index is 13.1. The van der Waals surface area contributed by atoms with E-state index in [0.29, 0.717) is 11.1 Å². The molecule has 0 unspecified atom stereocenters. The number of amides is 1. The summed E-state index contributed by atoms with van der Waals surface area (Å²) in [6, 6.07) is 10.4. The van der Waals surface area contributed by atoms with E-state index in [1.165, 1.54) is 11.0 Å². The molecule has 0 bridgehead atoms. The zero-order valence-corrected chi connectivity index (χ0v) is 13.1. The molecule has 1 heterocycles. The Bertz CT molecular complexity index is 825. The molecule has 0 saturated heterocycles. The van der Waals surface area contributed by atoms with E-state index >= 15 is 0 Å². The van der Waals surface area contributed by atoms with E-state index in [1.807, 2.05) is 6.07 Å². The zero-order chi connectivity index (χ0) is 18.4. The molecule has 0 saturated carbocycles. The average Bonchev–Trinajstić information content (AvgIpc) is 2.60. The summed E-state index contributed by atoms with van der Waals surface area (Å²) in [7, 11) is 0. The summed E-state index contributed by atoms with van der Waals surface area (Å²) in [6.07, 6.45) is -2.12. The van der Waals surface area contributed by atoms with Gasteiger partial charge in [-0.1, -0.05) is 18.2 Å². The number of rotatable bonds is 5. The highest BCUT2D eigenvalue weighted by atomic mass is 19.4. The maximum atomic E-state index is 13.1. The standard InChI is InChI=1S/C18H14F3N3O/c1-2-9-24(12-14-6-3-5-13(10-14)11-22)17(25)16-15(18(19,20)21)7-4-8-23-16/h2-8,10H,1,9,12H2. The molecule has 1 aromatic heterocycles. The molecule has 4 nitrogen and oxygen atoms in total. The molecule has 0 spiro atoms. The second kappa shape index (κ2) is 7.62. The number of pyridine rings is 1. The van der Waals surface area contributed by atoms with Gasteiger partial charge in [0.05, 0.1) is 17.2 Å². The first-order valence-electron chi connectivity index (χ1n) is 7.28. The molecule has 1 amide bonds. The maximum Gasteiger partial charge on any atom is 0.418 e. The third-order valence-electron chi connectivity index (χ3n) is 3.38. The Kier molecular flexibility index (Phi) is 5.55. The van der Waals surface area contributed by atoms with E-state index in [0.717, 1.165) is 18.3 Å². The second-order valence-electron chi connectivity index (χ2n) is 5.18. The number of benzene rings is 1. The Morgan fingerprint density at radius 3 is 2.72 bits per heavy atom. The van der Waals surface area contributed by atoms with Crippen LogP contribution in [0.1, 0.15) is 27.2 Å². The van der Waals surface area contributed by atoms with Gasteiger partial charge in [-0.25, -0.2) is 0 Å². The van der Waals surface area contributed by atoms with Crippen LogP contribution in [0.4, 0.5) is 13.2 Å². The van der Waals surface area contributed by atoms with Crippen LogP contribution in [0, 0.1) is 11.3 Å². The molecule has 2 rings (SSSR count). The Morgan fingerprint density at radius 1 is 1.32 bits per heavy atom. The van der Waals surface area contributed by atoms with Gasteiger partial charge in [0.2, 0.25) is 0 Å². The molecule has 25 heavy (non-hydrogen) atoms. The van der Waals surface area contributed by atoms with Gasteiger partial charge in [0, 0.05) is 19.3 Å². The average molecular weight is 345 g/mol. The SMILES string of the molecule is C=CCN(Cc1cccc(C#N)c1)C(=O)c1ncccc1C(F)(F)F. The van der Waals surface area contributed by atoms with Gasteiger partial charge in [-0.2, -0.15) is 18.4 Å². The van der Waals surface area contributed by atoms with Crippen LogP contribution in [0.2, 0.25) is 0 Å². The molecule has 1 aromatic carbocycles. The van der Waals surface area contributed by atoms with Crippen LogP contribution in [-0.4, -0.2) is 22.3 Å². The largest absolute Gasteiger partial charge is 0.418 e. The minimum atomic E-state index is -4.68. The number of carbonyl (C=O) groups is 1. The van der Waals surface area contributed by atoms with Crippen LogP contribution in [0.5, 0.6) is 0 Å². The van der Waals surface area contributed by atoms with Crippen LogP contribution >= 0.6 is 0 Å². The fourth-order valence-corrected chi connectivity index (χ4v) is 2.29. The number of halogens is 3. The Hall–Kier alpha value is -3.14. The van der Waals surface area contributed by atoms with Crippen molar-refractivity contribution in [1.82, 2.24) is 9.88 Å². The van der Waals surface area contributed by atoms with E-state index in [4.69, 9.17) is 5.26 Å². The van der Waals surface area contributed by atoms with Crippen LogP contribution in [-0.2, 0) is 12.7 Å². The predicted octanol–water partition coefficient (Wildman–Crippen LogP) is 3.80. The van der Waals surface area contributed by atoms with Crippen molar-refractivity contribution in [3.8, 4) is 6.07 Å². The lowest BCUT2D eigenvalue weighted by Crippen LogP contribution is -2.33. The molecule has 0 radical (unpaired) electrons. The highest BCUT2D eigenvalue weighted by molar-refractivity contribution is 5.94. The van der Waals surface area contributed by atoms with Crippen molar-refractivity contribution >= 4 is 5.91 Å². The van der Waals surface area contributed by atoms with Gasteiger partial charge >= 0.3 is 6.18 Å². The molecule has 2 aromatic rings. The summed E-state index contributed by atoms with van der Waals surface area (Å²) >= 11 is 0. The molecular weight excluding hydrogens is 331 g/mol. The fourth-order valence-electron chi connectivity index (χ4n) is 2.29. The number of aromatic nitrogens is 1. The summed E-state index contributed by atoms with van der Waals surface area (Å²) in [6.45, 7) is 3.62. The summed E-state index contributed by atoms with van der Waals surface area (Å²) in [5.41, 5.74) is -0.718. The van der Waals surface area contributed by atoms with Crippen molar-refractivity contribution in [2.45, 2.75) is 12.7 Å². The zero-order valence-electron chi connectivity index (χ0n) is 13.1. The number of hydrogen-bond acceptors (Lipinski definition) is 3. The molecule has 128 valence electrons. The molecule has 0 aliphatic rings. The quantitative estimate of drug-likeness (QED) is 0.775. The number of nitrogens with zero attached hydrogens (tertiary/aromatic N) is 3. The highest BCUT2D eigenvalue weighted by Gasteiger charge is 2.37. The third-order valence-corrected chi connectivity index (χ3v) is 3.38. The normalized spacial score (nSPS) is 10.8. The van der Waals surface area contributed by atoms with Crippen molar-refractivity contribution in [1.29, 1.82) is 5.26 Å². The summed E-state index contributed by atoms with van der Waals surface area (Å²) in [5.74, 6) is -0.852. The van der Waals surface area contributed by atoms with Crippen molar-refractivity contribution in [3.63, 3.8) is 0 Å². The van der Waals surface area contributed by atoms with E-state index in [1.54, 1.807) is 24.3 Å². The van der Waals surface area contributed by atoms with Gasteiger partial charge in [0.1, 0.15) is 5.69 Å². The van der Waals surface area contributed by atoms with E-state index in [9.17, 15) is 18.0 Å². The van der Waals surface area contributed by atoms with Crippen molar-refractivity contribution in [2.24, 2.45) is 0 Å². The Labute approximate surface area is 142 Å². The molecule has 0 aliphatic heterocycles. The van der Waals surface area contributed by atoms with E-state index in [-0.39, 0.29) is 13.1 Å². The topological polar surface area (TPSA) is 57.0 Å². The lowest BCUT2D eigenvalue weighted by Gasteiger charge is -2.22. The first kappa shape index (κ1) is 18.2. The summed E-state index contributed by atoms with van der Waals surface area (Å²) in [4.78, 5) is 17.4. The van der Waals surface area contributed by atoms with Crippen LogP contribution in [0.25, 0.3) is 0 Å². The monoisotopic (exact) mass is 345 g/mol. The van der Waals surface area contributed by atoms with Crippen molar-refractivity contribution in [3.05, 3.63) is 77.6 Å². The number of alkyl halides is 3. The lowest BCUT2D eigenvalue weighted by molar-refractivity contribution is -0.138. The smallest absolute Gasteiger partial charge is 0.329 e. The summed E-state index contributed by atoms with van der Waals surface area (Å²) < 4.78 is 39.3. The van der Waals surface area contributed by atoms with Gasteiger partial charge < -0.3 is 4.90 Å². The predicted molar refractivity (Wildman–Crippen MR) is 85.3 cm³/mol. The fraction of sp³-hybridized carbons (Fsp3) is 0.167. The second-order valence-corrected chi connectivity index (χ2v) is 5.18. The molecular formula is C18H14F3N3O. The van der Waals surface area contributed by atoms with Gasteiger partial charge in [0.25, 0.3) is 5.91 Å². The van der Waals surface area contributed by atoms with E-state index in [2.05, 4.69) is 11.6 Å². The van der Waals surface area contributed by atoms with Crippen LogP contribution in [0.15, 0.2) is 55.3 Å². The van der Waals surface area contributed by atoms with Crippen molar-refractivity contribution in [2.75, 3.05) is 6.54 Å². The number of nitriles is 1. The van der Waals surface area contributed by atoms with E-state index < -0.39 is 23.3 Å². The molecule has 7 heteroatoms. The van der Waals surface area contributed by atoms with Gasteiger partial charge in [0.15, 0.2) is 0 Å². The van der Waals surface area contributed by atoms with Crippen LogP contribution in [0.3, 0.4) is 0 Å². The minimum Gasteiger partial charge on any atom is -0.329 e. The Balaban J connectivity index is 2.36. The Morgan fingerprint density at radius 2 is 2.08 bits per heavy atom. The molecule has 0 N–H and O–H groups in total. The van der Waals surface area contributed by atoms with Gasteiger partial charge in [-0.05, 0) is 29.8 Å². The van der Waals surface area contributed by atoms with Crippen molar-refractivity contribution < 1.29 is 18.0 Å². The molecule has 0 atom stereocenters. The molecule has 0 aliphatic carbocycles. The number of hydrogen-bond donors (Lipinski definition) is 0. The molecule has 0 fully saturated rings. The van der Waals surface area contributed by atoms with Gasteiger partial charge in [-0.3, -0.25) is 9.78 Å². The summed E-state index contributed by atoms with van der Waals surface area (Å²) in [5, 5.41) is 8.93. The highest BCUT2D eigenvalue weighted by Crippen LogP contribution is 2.31. The minimum absolute atomic E-state index is 0.0360. The lowest BCUT2D eigenvalue weighted by atomic mass is 10.1. The number of carbonyl (C=O) groups excluding carboxylic acids is 1.